The molecule has 0 bridgehead atoms. The van der Waals surface area contributed by atoms with E-state index in [1.807, 2.05) is 6.92 Å². The molecule has 0 saturated carbocycles. The predicted molar refractivity (Wildman–Crippen MR) is 82.2 cm³/mol. The molecule has 0 aliphatic heterocycles. The van der Waals surface area contributed by atoms with E-state index in [4.69, 9.17) is 0 Å². The van der Waals surface area contributed by atoms with Crippen molar-refractivity contribution in [2.75, 3.05) is 11.9 Å². The fraction of sp³-hybridized carbons (Fsp3) is 0.250. The second-order valence-corrected chi connectivity index (χ2v) is 6.72. The lowest BCUT2D eigenvalue weighted by Crippen LogP contribution is -2.25. The summed E-state index contributed by atoms with van der Waals surface area (Å²) < 4.78 is 27.9. The fourth-order valence-electron chi connectivity index (χ4n) is 1.60. The Kier molecular flexibility index (Phi) is 5.21. The molecule has 0 aliphatic carbocycles. The van der Waals surface area contributed by atoms with E-state index in [0.29, 0.717) is 22.5 Å². The smallest absolute Gasteiger partial charge is 0.244 e. The molecule has 2 aromatic heterocycles. The molecule has 112 valence electrons. The van der Waals surface area contributed by atoms with Gasteiger partial charge in [-0.25, -0.2) is 18.1 Å². The Labute approximate surface area is 131 Å². The topological polar surface area (TPSA) is 96.9 Å². The molecule has 2 aromatic rings. The molecule has 2 rings (SSSR count). The molecule has 0 spiro atoms. The zero-order valence-corrected chi connectivity index (χ0v) is 13.6. The molecule has 2 N–H and O–H groups in total. The van der Waals surface area contributed by atoms with E-state index in [2.05, 4.69) is 41.2 Å². The summed E-state index contributed by atoms with van der Waals surface area (Å²) in [4.78, 5) is 4.17. The van der Waals surface area contributed by atoms with Crippen LogP contribution in [0.2, 0.25) is 0 Å². The van der Waals surface area contributed by atoms with Crippen LogP contribution in [0.15, 0.2) is 40.0 Å². The first-order valence-electron chi connectivity index (χ1n) is 6.18. The summed E-state index contributed by atoms with van der Waals surface area (Å²) in [6, 6.07) is 4.89. The van der Waals surface area contributed by atoms with Crippen molar-refractivity contribution in [3.05, 3.63) is 40.8 Å². The van der Waals surface area contributed by atoms with Gasteiger partial charge >= 0.3 is 0 Å². The van der Waals surface area contributed by atoms with Gasteiger partial charge in [0.25, 0.3) is 0 Å². The number of sulfonamides is 1. The Morgan fingerprint density at radius 3 is 2.86 bits per heavy atom. The Balaban J connectivity index is 2.24. The van der Waals surface area contributed by atoms with Gasteiger partial charge < -0.3 is 5.32 Å². The average molecular weight is 372 g/mol. The number of rotatable bonds is 6. The highest BCUT2D eigenvalue weighted by Gasteiger charge is 2.20. The van der Waals surface area contributed by atoms with Crippen LogP contribution in [0.5, 0.6) is 0 Å². The van der Waals surface area contributed by atoms with Crippen molar-refractivity contribution in [2.45, 2.75) is 18.4 Å². The van der Waals surface area contributed by atoms with Crippen LogP contribution in [-0.4, -0.2) is 30.1 Å². The summed E-state index contributed by atoms with van der Waals surface area (Å²) in [5, 5.41) is 10.5. The van der Waals surface area contributed by atoms with Crippen molar-refractivity contribution < 1.29 is 8.42 Å². The Morgan fingerprint density at radius 1 is 1.38 bits per heavy atom. The largest absolute Gasteiger partial charge is 0.369 e. The number of anilines is 1. The van der Waals surface area contributed by atoms with Gasteiger partial charge in [0.1, 0.15) is 10.7 Å². The number of pyridine rings is 1. The monoisotopic (exact) mass is 371 g/mol. The Morgan fingerprint density at radius 2 is 2.19 bits per heavy atom. The van der Waals surface area contributed by atoms with Crippen LogP contribution in [0.4, 0.5) is 5.82 Å². The van der Waals surface area contributed by atoms with Crippen LogP contribution in [0.3, 0.4) is 0 Å². The maximum Gasteiger partial charge on any atom is 0.244 e. The van der Waals surface area contributed by atoms with Gasteiger partial charge in [-0.05, 0) is 41.1 Å². The summed E-state index contributed by atoms with van der Waals surface area (Å²) >= 11 is 3.23. The minimum Gasteiger partial charge on any atom is -0.369 e. The van der Waals surface area contributed by atoms with E-state index in [0.717, 1.165) is 0 Å². The molecular weight excluding hydrogens is 358 g/mol. The summed E-state index contributed by atoms with van der Waals surface area (Å²) in [6.45, 7) is 2.50. The van der Waals surface area contributed by atoms with Crippen LogP contribution >= 0.6 is 15.9 Å². The maximum absolute atomic E-state index is 12.4. The highest BCUT2D eigenvalue weighted by Crippen LogP contribution is 2.22. The molecule has 0 saturated heterocycles. The summed E-state index contributed by atoms with van der Waals surface area (Å²) in [5.74, 6) is 0.312. The van der Waals surface area contributed by atoms with Gasteiger partial charge in [-0.1, -0.05) is 0 Å². The van der Waals surface area contributed by atoms with Crippen LogP contribution in [0.1, 0.15) is 12.6 Å². The molecule has 0 amide bonds. The lowest BCUT2D eigenvalue weighted by atomic mass is 10.4. The first kappa shape index (κ1) is 15.8. The van der Waals surface area contributed by atoms with Gasteiger partial charge in [0.2, 0.25) is 10.0 Å². The molecule has 0 radical (unpaired) electrons. The summed E-state index contributed by atoms with van der Waals surface area (Å²) in [5.41, 5.74) is 0.536. The zero-order valence-electron chi connectivity index (χ0n) is 11.2. The highest BCUT2D eigenvalue weighted by atomic mass is 79.9. The molecule has 9 heteroatoms. The van der Waals surface area contributed by atoms with Crippen LogP contribution in [-0.2, 0) is 16.6 Å². The first-order chi connectivity index (χ1) is 10.0. The quantitative estimate of drug-likeness (QED) is 0.799. The predicted octanol–water partition coefficient (Wildman–Crippen LogP) is 1.54. The van der Waals surface area contributed by atoms with Crippen LogP contribution < -0.4 is 10.0 Å². The minimum atomic E-state index is -3.71. The molecule has 0 aromatic carbocycles. The second kappa shape index (κ2) is 6.92. The first-order valence-corrected chi connectivity index (χ1v) is 8.46. The van der Waals surface area contributed by atoms with Crippen molar-refractivity contribution in [1.29, 1.82) is 0 Å². The van der Waals surface area contributed by atoms with Crippen LogP contribution in [0, 0.1) is 0 Å². The number of aromatic nitrogens is 3. The third kappa shape index (κ3) is 4.19. The number of nitrogens with zero attached hydrogens (tertiary/aromatic N) is 3. The number of nitrogens with one attached hydrogen (secondary N) is 2. The van der Waals surface area contributed by atoms with Gasteiger partial charge in [-0.3, -0.25) is 0 Å². The van der Waals surface area contributed by atoms with Gasteiger partial charge in [-0.15, -0.1) is 0 Å². The van der Waals surface area contributed by atoms with Crippen molar-refractivity contribution in [2.24, 2.45) is 0 Å². The third-order valence-electron chi connectivity index (χ3n) is 2.52. The molecule has 2 heterocycles. The zero-order chi connectivity index (χ0) is 15.3. The van der Waals surface area contributed by atoms with Crippen molar-refractivity contribution >= 4 is 31.8 Å². The number of hydrogen-bond acceptors (Lipinski definition) is 6. The van der Waals surface area contributed by atoms with E-state index < -0.39 is 10.0 Å². The van der Waals surface area contributed by atoms with Gasteiger partial charge in [0, 0.05) is 23.4 Å². The maximum atomic E-state index is 12.4. The Hall–Kier alpha value is -1.58. The van der Waals surface area contributed by atoms with E-state index >= 15 is 0 Å². The SMILES string of the molecule is CCNc1ncc(Br)cc1S(=O)(=O)NCc1cccnn1. The number of halogens is 1. The molecular formula is C12H14BrN5O2S. The molecule has 0 aliphatic rings. The minimum absolute atomic E-state index is 0.0637. The highest BCUT2D eigenvalue weighted by molar-refractivity contribution is 9.10. The Bertz CT molecular complexity index is 709. The van der Waals surface area contributed by atoms with E-state index in [1.54, 1.807) is 18.3 Å². The average Bonchev–Trinajstić information content (AvgIpc) is 2.48. The third-order valence-corrected chi connectivity index (χ3v) is 4.37. The number of hydrogen-bond donors (Lipinski definition) is 2. The molecule has 0 fully saturated rings. The standard InChI is InChI=1S/C12H14BrN5O2S/c1-2-14-12-11(6-9(13)7-15-12)21(19,20)17-8-10-4-3-5-16-18-10/h3-7,17H,2,8H2,1H3,(H,14,15). The summed E-state index contributed by atoms with van der Waals surface area (Å²) in [6.07, 6.45) is 3.07. The lowest BCUT2D eigenvalue weighted by molar-refractivity contribution is 0.580. The second-order valence-electron chi connectivity index (χ2n) is 4.07. The summed E-state index contributed by atoms with van der Waals surface area (Å²) in [7, 11) is -3.71. The van der Waals surface area contributed by atoms with E-state index in [-0.39, 0.29) is 11.4 Å². The normalized spacial score (nSPS) is 11.3. The van der Waals surface area contributed by atoms with Gasteiger partial charge in [-0.2, -0.15) is 10.2 Å². The van der Waals surface area contributed by atoms with Crippen molar-refractivity contribution in [3.8, 4) is 0 Å². The molecule has 0 unspecified atom stereocenters. The fourth-order valence-corrected chi connectivity index (χ4v) is 3.24. The van der Waals surface area contributed by atoms with Gasteiger partial charge in [0.15, 0.2) is 0 Å². The van der Waals surface area contributed by atoms with Crippen molar-refractivity contribution in [3.63, 3.8) is 0 Å². The van der Waals surface area contributed by atoms with Crippen LogP contribution in [0.25, 0.3) is 0 Å². The molecule has 7 nitrogen and oxygen atoms in total. The van der Waals surface area contributed by atoms with Crippen molar-refractivity contribution in [1.82, 2.24) is 19.9 Å². The van der Waals surface area contributed by atoms with E-state index in [1.165, 1.54) is 12.3 Å². The van der Waals surface area contributed by atoms with E-state index in [9.17, 15) is 8.42 Å². The molecule has 21 heavy (non-hydrogen) atoms. The van der Waals surface area contributed by atoms with Gasteiger partial charge in [0.05, 0.1) is 12.2 Å². The molecule has 0 atom stereocenters. The lowest BCUT2D eigenvalue weighted by Gasteiger charge is -2.11.